The van der Waals surface area contributed by atoms with Gasteiger partial charge in [-0.15, -0.1) is 0 Å². The summed E-state index contributed by atoms with van der Waals surface area (Å²) in [4.78, 5) is 30.3. The largest absolute Gasteiger partial charge is 0.352 e. The Balaban J connectivity index is 3.17. The van der Waals surface area contributed by atoms with Crippen LogP contribution in [0.15, 0.2) is 18.2 Å². The van der Waals surface area contributed by atoms with Crippen LogP contribution in [0.4, 0.5) is 5.69 Å². The lowest BCUT2D eigenvalue weighted by atomic mass is 9.86. The Kier molecular flexibility index (Phi) is 3.90. The molecule has 1 aromatic rings. The van der Waals surface area contributed by atoms with Gasteiger partial charge in [0.2, 0.25) is 0 Å². The van der Waals surface area contributed by atoms with E-state index in [0.717, 1.165) is 0 Å². The zero-order valence-corrected chi connectivity index (χ0v) is 10.7. The van der Waals surface area contributed by atoms with Crippen molar-refractivity contribution in [2.75, 3.05) is 0 Å². The van der Waals surface area contributed by atoms with Gasteiger partial charge in [0.15, 0.2) is 5.75 Å². The summed E-state index contributed by atoms with van der Waals surface area (Å²) in [5.74, 6) is -0.295. The number of carbonyl (C=O) groups excluding carboxylic acids is 1. The predicted octanol–water partition coefficient (Wildman–Crippen LogP) is 2.75. The summed E-state index contributed by atoms with van der Waals surface area (Å²) in [6.07, 6.45) is 0. The first-order valence-corrected chi connectivity index (χ1v) is 5.36. The highest BCUT2D eigenvalue weighted by molar-refractivity contribution is 5.65. The van der Waals surface area contributed by atoms with E-state index in [2.05, 4.69) is 4.89 Å². The van der Waals surface area contributed by atoms with Gasteiger partial charge in [-0.2, -0.15) is 0 Å². The molecule has 0 saturated heterocycles. The number of hydrogen-bond donors (Lipinski definition) is 0. The standard InChI is InChI=1S/C12H15NO5/c1-8(14)17-18-11-6-5-9(13(15)16)7-10(11)12(2,3)4/h5-7H,1-4H3. The SMILES string of the molecule is CC(=O)OOc1ccc([N+](=O)[O-])cc1C(C)(C)C. The molecular formula is C12H15NO5. The zero-order chi connectivity index (χ0) is 13.9. The van der Waals surface area contributed by atoms with E-state index in [1.54, 1.807) is 0 Å². The lowest BCUT2D eigenvalue weighted by Gasteiger charge is -2.21. The van der Waals surface area contributed by atoms with Gasteiger partial charge in [-0.1, -0.05) is 20.8 Å². The van der Waals surface area contributed by atoms with Gasteiger partial charge < -0.3 is 0 Å². The van der Waals surface area contributed by atoms with Gasteiger partial charge in [0.05, 0.1) is 4.92 Å². The Hall–Kier alpha value is -2.11. The van der Waals surface area contributed by atoms with Crippen molar-refractivity contribution < 1.29 is 19.5 Å². The van der Waals surface area contributed by atoms with Gasteiger partial charge in [0, 0.05) is 24.6 Å². The first-order chi connectivity index (χ1) is 8.21. The zero-order valence-electron chi connectivity index (χ0n) is 10.7. The van der Waals surface area contributed by atoms with E-state index in [9.17, 15) is 14.9 Å². The van der Waals surface area contributed by atoms with Gasteiger partial charge in [-0.05, 0) is 11.5 Å². The normalized spacial score (nSPS) is 10.9. The molecule has 98 valence electrons. The van der Waals surface area contributed by atoms with Gasteiger partial charge in [-0.25, -0.2) is 4.79 Å². The summed E-state index contributed by atoms with van der Waals surface area (Å²) < 4.78 is 0. The summed E-state index contributed by atoms with van der Waals surface area (Å²) in [6.45, 7) is 6.86. The molecule has 0 N–H and O–H groups in total. The fourth-order valence-corrected chi connectivity index (χ4v) is 1.39. The number of rotatable bonds is 3. The molecule has 0 saturated carbocycles. The summed E-state index contributed by atoms with van der Waals surface area (Å²) in [5.41, 5.74) is 0.189. The molecule has 0 unspecified atom stereocenters. The molecule has 6 heteroatoms. The molecule has 0 aliphatic heterocycles. The van der Waals surface area contributed by atoms with E-state index >= 15 is 0 Å². The highest BCUT2D eigenvalue weighted by atomic mass is 17.2. The van der Waals surface area contributed by atoms with Crippen LogP contribution in [0.5, 0.6) is 5.75 Å². The van der Waals surface area contributed by atoms with Crippen LogP contribution in [-0.4, -0.2) is 10.9 Å². The lowest BCUT2D eigenvalue weighted by molar-refractivity contribution is -0.385. The second-order valence-electron chi connectivity index (χ2n) is 4.85. The maximum Gasteiger partial charge on any atom is 0.352 e. The second kappa shape index (κ2) is 5.03. The molecule has 0 amide bonds. The quantitative estimate of drug-likeness (QED) is 0.470. The van der Waals surface area contributed by atoms with Crippen molar-refractivity contribution in [3.05, 3.63) is 33.9 Å². The number of non-ortho nitro benzene ring substituents is 1. The van der Waals surface area contributed by atoms with Crippen LogP contribution < -0.4 is 4.89 Å². The Morgan fingerprint density at radius 1 is 1.33 bits per heavy atom. The highest BCUT2D eigenvalue weighted by Crippen LogP contribution is 2.34. The van der Waals surface area contributed by atoms with Crippen molar-refractivity contribution in [3.63, 3.8) is 0 Å². The van der Waals surface area contributed by atoms with Crippen LogP contribution in [0, 0.1) is 10.1 Å². The van der Waals surface area contributed by atoms with Crippen LogP contribution in [0.25, 0.3) is 0 Å². The molecule has 0 bridgehead atoms. The van der Waals surface area contributed by atoms with Crippen LogP contribution in [0.3, 0.4) is 0 Å². The van der Waals surface area contributed by atoms with Crippen LogP contribution in [0.2, 0.25) is 0 Å². The van der Waals surface area contributed by atoms with Crippen LogP contribution >= 0.6 is 0 Å². The number of nitro benzene ring substituents is 1. The topological polar surface area (TPSA) is 78.7 Å². The minimum absolute atomic E-state index is 0.0323. The highest BCUT2D eigenvalue weighted by Gasteiger charge is 2.23. The third-order valence-electron chi connectivity index (χ3n) is 2.23. The van der Waals surface area contributed by atoms with Gasteiger partial charge in [-0.3, -0.25) is 19.9 Å². The molecule has 18 heavy (non-hydrogen) atoms. The fourth-order valence-electron chi connectivity index (χ4n) is 1.39. The third-order valence-corrected chi connectivity index (χ3v) is 2.23. The van der Waals surface area contributed by atoms with Gasteiger partial charge >= 0.3 is 5.97 Å². The van der Waals surface area contributed by atoms with E-state index in [-0.39, 0.29) is 11.1 Å². The van der Waals surface area contributed by atoms with Crippen LogP contribution in [-0.2, 0) is 15.1 Å². The van der Waals surface area contributed by atoms with Crippen molar-refractivity contribution in [3.8, 4) is 5.75 Å². The number of nitro groups is 1. The van der Waals surface area contributed by atoms with Crippen LogP contribution in [0.1, 0.15) is 33.3 Å². The molecule has 0 spiro atoms. The van der Waals surface area contributed by atoms with Crippen molar-refractivity contribution in [1.29, 1.82) is 0 Å². The molecule has 0 aromatic heterocycles. The average Bonchev–Trinajstić information content (AvgIpc) is 2.24. The molecule has 6 nitrogen and oxygen atoms in total. The predicted molar refractivity (Wildman–Crippen MR) is 64.2 cm³/mol. The van der Waals surface area contributed by atoms with Crippen molar-refractivity contribution >= 4 is 11.7 Å². The molecule has 1 rings (SSSR count). The molecule has 1 aromatic carbocycles. The maximum atomic E-state index is 10.7. The minimum Gasteiger partial charge on any atom is -0.287 e. The Bertz CT molecular complexity index is 476. The minimum atomic E-state index is -0.590. The summed E-state index contributed by atoms with van der Waals surface area (Å²) in [7, 11) is 0. The molecular weight excluding hydrogens is 238 g/mol. The van der Waals surface area contributed by atoms with E-state index in [1.807, 2.05) is 20.8 Å². The molecule has 0 atom stereocenters. The van der Waals surface area contributed by atoms with E-state index in [0.29, 0.717) is 11.3 Å². The number of carbonyl (C=O) groups is 1. The molecule has 0 heterocycles. The van der Waals surface area contributed by atoms with Crippen molar-refractivity contribution in [2.45, 2.75) is 33.1 Å². The molecule has 0 aliphatic carbocycles. The van der Waals surface area contributed by atoms with Gasteiger partial charge in [0.1, 0.15) is 0 Å². The Labute approximate surface area is 105 Å². The summed E-state index contributed by atoms with van der Waals surface area (Å²) in [6, 6.07) is 4.13. The Morgan fingerprint density at radius 2 is 1.94 bits per heavy atom. The number of benzene rings is 1. The van der Waals surface area contributed by atoms with Gasteiger partial charge in [0.25, 0.3) is 5.69 Å². The lowest BCUT2D eigenvalue weighted by Crippen LogP contribution is -2.15. The smallest absolute Gasteiger partial charge is 0.287 e. The molecule has 0 radical (unpaired) electrons. The number of hydrogen-bond acceptors (Lipinski definition) is 5. The summed E-state index contributed by atoms with van der Waals surface area (Å²) in [5, 5.41) is 10.7. The van der Waals surface area contributed by atoms with E-state index < -0.39 is 10.9 Å². The van der Waals surface area contributed by atoms with Crippen molar-refractivity contribution in [2.24, 2.45) is 0 Å². The molecule has 0 aliphatic rings. The molecule has 0 fully saturated rings. The van der Waals surface area contributed by atoms with E-state index in [1.165, 1.54) is 25.1 Å². The monoisotopic (exact) mass is 253 g/mol. The summed E-state index contributed by atoms with van der Waals surface area (Å²) >= 11 is 0. The second-order valence-corrected chi connectivity index (χ2v) is 4.85. The van der Waals surface area contributed by atoms with Crippen molar-refractivity contribution in [1.82, 2.24) is 0 Å². The first kappa shape index (κ1) is 14.0. The van der Waals surface area contributed by atoms with E-state index in [4.69, 9.17) is 4.89 Å². The Morgan fingerprint density at radius 3 is 2.39 bits per heavy atom. The first-order valence-electron chi connectivity index (χ1n) is 5.36. The maximum absolute atomic E-state index is 10.7. The average molecular weight is 253 g/mol. The number of nitrogens with zero attached hydrogens (tertiary/aromatic N) is 1. The fraction of sp³-hybridized carbons (Fsp3) is 0.417. The third kappa shape index (κ3) is 3.44.